The summed E-state index contributed by atoms with van der Waals surface area (Å²) in [6.07, 6.45) is 0. The smallest absolute Gasteiger partial charge is 0.343 e. The minimum absolute atomic E-state index is 0.0124. The van der Waals surface area contributed by atoms with Crippen molar-refractivity contribution in [3.8, 4) is 11.5 Å². The second-order valence-electron chi connectivity index (χ2n) is 9.00. The average Bonchev–Trinajstić information content (AvgIpc) is 3.01. The molecule has 0 spiro atoms. The molecule has 0 saturated heterocycles. The lowest BCUT2D eigenvalue weighted by Gasteiger charge is -2.23. The van der Waals surface area contributed by atoms with Crippen LogP contribution in [0.3, 0.4) is 0 Å². The van der Waals surface area contributed by atoms with Crippen molar-refractivity contribution in [1.82, 2.24) is 4.57 Å². The molecule has 1 heterocycles. The van der Waals surface area contributed by atoms with E-state index in [1.165, 1.54) is 61.2 Å². The summed E-state index contributed by atoms with van der Waals surface area (Å²) in [6.45, 7) is 0. The molecule has 0 radical (unpaired) electrons. The molecule has 9 heteroatoms. The third-order valence-electron chi connectivity index (χ3n) is 6.49. The van der Waals surface area contributed by atoms with Gasteiger partial charge in [-0.2, -0.15) is 0 Å². The van der Waals surface area contributed by atoms with Crippen LogP contribution in [0.1, 0.15) is 31.1 Å². The van der Waals surface area contributed by atoms with Crippen LogP contribution in [0, 0.1) is 5.82 Å². The number of anilines is 1. The van der Waals surface area contributed by atoms with Gasteiger partial charge in [0.1, 0.15) is 17.1 Å². The van der Waals surface area contributed by atoms with Crippen LogP contribution in [0.15, 0.2) is 108 Å². The molecule has 5 rings (SSSR count). The number of carbonyl (C=O) groups is 3. The fourth-order valence-corrected chi connectivity index (χ4v) is 4.38. The van der Waals surface area contributed by atoms with E-state index in [-0.39, 0.29) is 28.0 Å². The number of hydrogen-bond donors (Lipinski definition) is 0. The molecule has 1 aromatic heterocycles. The maximum Gasteiger partial charge on any atom is 0.343 e. The van der Waals surface area contributed by atoms with E-state index in [0.29, 0.717) is 11.3 Å². The standard InChI is InChI=1S/C32H23FN2O6/c1-34-26-18-17-24(40-2)19-25(26)28(41-32(39)21-11-7-4-8-12-21)27(30(34)37)31(38)35(23-15-13-22(33)14-16-23)29(36)20-9-5-3-6-10-20/h3-19H,1-2H3. The molecule has 0 aliphatic carbocycles. The summed E-state index contributed by atoms with van der Waals surface area (Å²) in [5, 5.41) is 0.227. The number of esters is 1. The molecule has 0 aliphatic heterocycles. The Balaban J connectivity index is 1.77. The van der Waals surface area contributed by atoms with Crippen LogP contribution in [0.25, 0.3) is 10.9 Å². The van der Waals surface area contributed by atoms with Crippen molar-refractivity contribution >= 4 is 34.4 Å². The second kappa shape index (κ2) is 11.3. The van der Waals surface area contributed by atoms with Gasteiger partial charge in [0.25, 0.3) is 17.4 Å². The Morgan fingerprint density at radius 2 is 1.39 bits per heavy atom. The minimum Gasteiger partial charge on any atom is -0.497 e. The molecule has 204 valence electrons. The number of carbonyl (C=O) groups excluding carboxylic acids is 3. The van der Waals surface area contributed by atoms with E-state index >= 15 is 0 Å². The molecule has 0 bridgehead atoms. The second-order valence-corrected chi connectivity index (χ2v) is 9.00. The van der Waals surface area contributed by atoms with Crippen molar-refractivity contribution in [3.63, 3.8) is 0 Å². The maximum absolute atomic E-state index is 14.3. The van der Waals surface area contributed by atoms with Gasteiger partial charge >= 0.3 is 5.97 Å². The molecule has 8 nitrogen and oxygen atoms in total. The van der Waals surface area contributed by atoms with Crippen LogP contribution in [-0.2, 0) is 7.05 Å². The Bertz CT molecular complexity index is 1830. The van der Waals surface area contributed by atoms with Gasteiger partial charge in [-0.25, -0.2) is 14.1 Å². The summed E-state index contributed by atoms with van der Waals surface area (Å²) in [7, 11) is 2.90. The normalized spacial score (nSPS) is 10.7. The highest BCUT2D eigenvalue weighted by Crippen LogP contribution is 2.33. The largest absolute Gasteiger partial charge is 0.497 e. The number of hydrogen-bond acceptors (Lipinski definition) is 6. The van der Waals surface area contributed by atoms with Gasteiger partial charge in [-0.3, -0.25) is 14.4 Å². The van der Waals surface area contributed by atoms with Gasteiger partial charge in [0.2, 0.25) is 0 Å². The van der Waals surface area contributed by atoms with Crippen LogP contribution >= 0.6 is 0 Å². The minimum atomic E-state index is -1.06. The molecule has 0 aliphatic rings. The van der Waals surface area contributed by atoms with Gasteiger partial charge in [-0.05, 0) is 66.7 Å². The van der Waals surface area contributed by atoms with Crippen molar-refractivity contribution < 1.29 is 28.2 Å². The molecule has 4 aromatic carbocycles. The SMILES string of the molecule is COc1ccc2c(c1)c(OC(=O)c1ccccc1)c(C(=O)N(C(=O)c1ccccc1)c1ccc(F)cc1)c(=O)n2C. The van der Waals surface area contributed by atoms with Gasteiger partial charge in [-0.15, -0.1) is 0 Å². The number of pyridine rings is 1. The van der Waals surface area contributed by atoms with Gasteiger partial charge in [0.15, 0.2) is 5.75 Å². The number of halogens is 1. The van der Waals surface area contributed by atoms with Gasteiger partial charge in [-0.1, -0.05) is 36.4 Å². The molecule has 5 aromatic rings. The number of benzene rings is 4. The third-order valence-corrected chi connectivity index (χ3v) is 6.49. The lowest BCUT2D eigenvalue weighted by Crippen LogP contribution is -2.41. The van der Waals surface area contributed by atoms with Crippen LogP contribution < -0.4 is 19.9 Å². The number of rotatable bonds is 6. The summed E-state index contributed by atoms with van der Waals surface area (Å²) in [6, 6.07) is 25.4. The molecule has 0 unspecified atom stereocenters. The molecule has 2 amide bonds. The van der Waals surface area contributed by atoms with Crippen molar-refractivity contribution in [2.75, 3.05) is 12.0 Å². The summed E-state index contributed by atoms with van der Waals surface area (Å²) in [5.41, 5.74) is -0.683. The monoisotopic (exact) mass is 550 g/mol. The van der Waals surface area contributed by atoms with E-state index in [9.17, 15) is 23.6 Å². The van der Waals surface area contributed by atoms with E-state index in [0.717, 1.165) is 17.0 Å². The predicted octanol–water partition coefficient (Wildman–Crippen LogP) is 5.39. The summed E-state index contributed by atoms with van der Waals surface area (Å²) >= 11 is 0. The first kappa shape index (κ1) is 27.0. The van der Waals surface area contributed by atoms with Crippen molar-refractivity contribution in [2.24, 2.45) is 7.05 Å². The number of aryl methyl sites for hydroxylation is 1. The number of aromatic nitrogens is 1. The summed E-state index contributed by atoms with van der Waals surface area (Å²) in [4.78, 5) is 55.8. The zero-order valence-corrected chi connectivity index (χ0v) is 22.0. The van der Waals surface area contributed by atoms with Gasteiger partial charge in [0.05, 0.1) is 23.9 Å². The molecule has 0 saturated carbocycles. The van der Waals surface area contributed by atoms with Gasteiger partial charge in [0, 0.05) is 18.0 Å². The van der Waals surface area contributed by atoms with Gasteiger partial charge < -0.3 is 14.0 Å². The molecule has 0 atom stereocenters. The van der Waals surface area contributed by atoms with E-state index in [1.807, 2.05) is 0 Å². The Morgan fingerprint density at radius 1 is 0.780 bits per heavy atom. The van der Waals surface area contributed by atoms with Crippen molar-refractivity contribution in [3.05, 3.63) is 136 Å². The number of nitrogens with zero attached hydrogens (tertiary/aromatic N) is 2. The highest BCUT2D eigenvalue weighted by atomic mass is 19.1. The molecular weight excluding hydrogens is 527 g/mol. The van der Waals surface area contributed by atoms with E-state index in [1.54, 1.807) is 48.5 Å². The highest BCUT2D eigenvalue weighted by molar-refractivity contribution is 6.27. The van der Waals surface area contributed by atoms with E-state index in [2.05, 4.69) is 0 Å². The molecule has 41 heavy (non-hydrogen) atoms. The molecular formula is C32H23FN2O6. The fraction of sp³-hybridized carbons (Fsp3) is 0.0625. The van der Waals surface area contributed by atoms with Crippen molar-refractivity contribution in [1.29, 1.82) is 0 Å². The van der Waals surface area contributed by atoms with Crippen LogP contribution in [0.2, 0.25) is 0 Å². The summed E-state index contributed by atoms with van der Waals surface area (Å²) < 4.78 is 26.2. The van der Waals surface area contributed by atoms with E-state index in [4.69, 9.17) is 9.47 Å². The number of imide groups is 1. The maximum atomic E-state index is 14.3. The van der Waals surface area contributed by atoms with Crippen LogP contribution in [-0.4, -0.2) is 29.5 Å². The Hall–Kier alpha value is -5.57. The third kappa shape index (κ3) is 5.20. The quantitative estimate of drug-likeness (QED) is 0.208. The first-order valence-electron chi connectivity index (χ1n) is 12.5. The highest BCUT2D eigenvalue weighted by Gasteiger charge is 2.33. The van der Waals surface area contributed by atoms with Crippen molar-refractivity contribution in [2.45, 2.75) is 0 Å². The number of ether oxygens (including phenoxy) is 2. The van der Waals surface area contributed by atoms with E-state index < -0.39 is 34.7 Å². The first-order chi connectivity index (χ1) is 19.8. The average molecular weight is 551 g/mol. The predicted molar refractivity (Wildman–Crippen MR) is 151 cm³/mol. The van der Waals surface area contributed by atoms with Crippen LogP contribution in [0.5, 0.6) is 11.5 Å². The first-order valence-corrected chi connectivity index (χ1v) is 12.5. The number of fused-ring (bicyclic) bond motifs is 1. The molecule has 0 N–H and O–H groups in total. The van der Waals surface area contributed by atoms with Crippen LogP contribution in [0.4, 0.5) is 10.1 Å². The zero-order chi connectivity index (χ0) is 29.1. The Labute approximate surface area is 233 Å². The lowest BCUT2D eigenvalue weighted by molar-refractivity contribution is 0.0734. The lowest BCUT2D eigenvalue weighted by atomic mass is 10.1. The molecule has 0 fully saturated rings. The number of amides is 2. The number of methoxy groups -OCH3 is 1. The summed E-state index contributed by atoms with van der Waals surface area (Å²) in [5.74, 6) is -3.20. The Morgan fingerprint density at radius 3 is 2.00 bits per heavy atom. The fourth-order valence-electron chi connectivity index (χ4n) is 4.38. The zero-order valence-electron chi connectivity index (χ0n) is 22.0. The topological polar surface area (TPSA) is 94.9 Å². The Kier molecular flexibility index (Phi) is 7.43.